The van der Waals surface area contributed by atoms with E-state index in [1.807, 2.05) is 13.1 Å². The number of aromatic nitrogens is 2. The zero-order valence-corrected chi connectivity index (χ0v) is 10.7. The maximum atomic E-state index is 5.81. The summed E-state index contributed by atoms with van der Waals surface area (Å²) in [5, 5.41) is 4.48. The largest absolute Gasteiger partial charge is 0.328 e. The van der Waals surface area contributed by atoms with Gasteiger partial charge in [0.15, 0.2) is 0 Å². The third-order valence-electron chi connectivity index (χ3n) is 4.55. The van der Waals surface area contributed by atoms with Crippen LogP contribution in [0.1, 0.15) is 38.2 Å². The van der Waals surface area contributed by atoms with Gasteiger partial charge < -0.3 is 5.73 Å². The Morgan fingerprint density at radius 1 is 1.47 bits per heavy atom. The van der Waals surface area contributed by atoms with Crippen molar-refractivity contribution in [3.8, 4) is 0 Å². The third kappa shape index (κ3) is 2.39. The standard InChI is InChI=1S/C14H23N3/c1-10(15)4-12-7-16-17(8-12)9-14-6-11-2-3-13(14)5-11/h7-8,10-11,13-14H,2-6,9,15H2,1H3. The van der Waals surface area contributed by atoms with Crippen LogP contribution in [0.2, 0.25) is 0 Å². The molecule has 3 heteroatoms. The average molecular weight is 233 g/mol. The van der Waals surface area contributed by atoms with Crippen LogP contribution in [0.25, 0.3) is 0 Å². The van der Waals surface area contributed by atoms with Gasteiger partial charge in [0.05, 0.1) is 6.20 Å². The van der Waals surface area contributed by atoms with Crippen molar-refractivity contribution in [3.63, 3.8) is 0 Å². The number of hydrogen-bond acceptors (Lipinski definition) is 2. The fourth-order valence-corrected chi connectivity index (χ4v) is 3.82. The Bertz CT molecular complexity index is 383. The molecule has 4 atom stereocenters. The lowest BCUT2D eigenvalue weighted by atomic mass is 9.89. The minimum Gasteiger partial charge on any atom is -0.328 e. The molecule has 0 spiro atoms. The second-order valence-electron chi connectivity index (χ2n) is 6.19. The predicted molar refractivity (Wildman–Crippen MR) is 68.5 cm³/mol. The SMILES string of the molecule is CC(N)Cc1cnn(CC2CC3CCC2C3)c1. The van der Waals surface area contributed by atoms with E-state index in [1.54, 1.807) is 0 Å². The van der Waals surface area contributed by atoms with E-state index < -0.39 is 0 Å². The molecule has 2 fully saturated rings. The van der Waals surface area contributed by atoms with E-state index in [2.05, 4.69) is 16.0 Å². The summed E-state index contributed by atoms with van der Waals surface area (Å²) in [5.41, 5.74) is 7.09. The predicted octanol–water partition coefficient (Wildman–Crippen LogP) is 2.21. The van der Waals surface area contributed by atoms with Gasteiger partial charge in [0.25, 0.3) is 0 Å². The number of rotatable bonds is 4. The molecule has 3 nitrogen and oxygen atoms in total. The zero-order chi connectivity index (χ0) is 11.8. The molecule has 17 heavy (non-hydrogen) atoms. The number of fused-ring (bicyclic) bond motifs is 2. The molecule has 2 aliphatic carbocycles. The molecule has 0 amide bonds. The van der Waals surface area contributed by atoms with Crippen LogP contribution in [-0.4, -0.2) is 15.8 Å². The number of nitrogens with two attached hydrogens (primary N) is 1. The van der Waals surface area contributed by atoms with Crippen molar-refractivity contribution < 1.29 is 0 Å². The Morgan fingerprint density at radius 3 is 3.00 bits per heavy atom. The van der Waals surface area contributed by atoms with Gasteiger partial charge in [-0.05, 0) is 55.9 Å². The van der Waals surface area contributed by atoms with E-state index in [0.717, 1.165) is 30.7 Å². The van der Waals surface area contributed by atoms with Gasteiger partial charge in [-0.1, -0.05) is 6.42 Å². The second-order valence-corrected chi connectivity index (χ2v) is 6.19. The average Bonchev–Trinajstić information content (AvgIpc) is 2.94. The summed E-state index contributed by atoms with van der Waals surface area (Å²) in [4.78, 5) is 0. The van der Waals surface area contributed by atoms with E-state index in [9.17, 15) is 0 Å². The Balaban J connectivity index is 1.60. The van der Waals surface area contributed by atoms with Crippen LogP contribution in [-0.2, 0) is 13.0 Å². The maximum absolute atomic E-state index is 5.81. The van der Waals surface area contributed by atoms with Crippen LogP contribution >= 0.6 is 0 Å². The van der Waals surface area contributed by atoms with Gasteiger partial charge >= 0.3 is 0 Å². The normalized spacial score (nSPS) is 33.2. The van der Waals surface area contributed by atoms with E-state index in [0.29, 0.717) is 0 Å². The van der Waals surface area contributed by atoms with Gasteiger partial charge in [0.2, 0.25) is 0 Å². The third-order valence-corrected chi connectivity index (χ3v) is 4.55. The van der Waals surface area contributed by atoms with Crippen LogP contribution in [0.15, 0.2) is 12.4 Å². The molecule has 0 aliphatic heterocycles. The molecule has 0 radical (unpaired) electrons. The molecular formula is C14H23N3. The highest BCUT2D eigenvalue weighted by atomic mass is 15.3. The first-order valence-corrected chi connectivity index (χ1v) is 6.97. The van der Waals surface area contributed by atoms with Crippen molar-refractivity contribution in [2.24, 2.45) is 23.5 Å². The fourth-order valence-electron chi connectivity index (χ4n) is 3.82. The topological polar surface area (TPSA) is 43.8 Å². The van der Waals surface area contributed by atoms with Crippen molar-refractivity contribution >= 4 is 0 Å². The highest BCUT2D eigenvalue weighted by molar-refractivity contribution is 5.05. The molecule has 94 valence electrons. The van der Waals surface area contributed by atoms with Crippen molar-refractivity contribution in [2.45, 2.75) is 51.6 Å². The molecule has 0 saturated heterocycles. The van der Waals surface area contributed by atoms with Gasteiger partial charge in [0, 0.05) is 18.8 Å². The minimum absolute atomic E-state index is 0.232. The lowest BCUT2D eigenvalue weighted by molar-refractivity contribution is 0.285. The lowest BCUT2D eigenvalue weighted by Gasteiger charge is -2.21. The van der Waals surface area contributed by atoms with E-state index in [-0.39, 0.29) is 6.04 Å². The molecule has 2 bridgehead atoms. The summed E-state index contributed by atoms with van der Waals surface area (Å²) in [6, 6.07) is 0.232. The number of nitrogens with zero attached hydrogens (tertiary/aromatic N) is 2. The monoisotopic (exact) mass is 233 g/mol. The minimum atomic E-state index is 0.232. The van der Waals surface area contributed by atoms with Crippen molar-refractivity contribution in [1.29, 1.82) is 0 Å². The Hall–Kier alpha value is -0.830. The highest BCUT2D eigenvalue weighted by Gasteiger charge is 2.39. The number of hydrogen-bond donors (Lipinski definition) is 1. The Labute approximate surface area is 103 Å². The van der Waals surface area contributed by atoms with Crippen LogP contribution in [0, 0.1) is 17.8 Å². The summed E-state index contributed by atoms with van der Waals surface area (Å²) in [7, 11) is 0. The van der Waals surface area contributed by atoms with Gasteiger partial charge in [-0.15, -0.1) is 0 Å². The van der Waals surface area contributed by atoms with Crippen molar-refractivity contribution in [1.82, 2.24) is 9.78 Å². The fraction of sp³-hybridized carbons (Fsp3) is 0.786. The smallest absolute Gasteiger partial charge is 0.0522 e. The highest BCUT2D eigenvalue weighted by Crippen LogP contribution is 2.48. The lowest BCUT2D eigenvalue weighted by Crippen LogP contribution is -2.18. The van der Waals surface area contributed by atoms with E-state index >= 15 is 0 Å². The Kier molecular flexibility index (Phi) is 2.95. The molecule has 2 N–H and O–H groups in total. The summed E-state index contributed by atoms with van der Waals surface area (Å²) in [5.74, 6) is 2.90. The van der Waals surface area contributed by atoms with E-state index in [1.165, 1.54) is 31.2 Å². The molecular weight excluding hydrogens is 210 g/mol. The van der Waals surface area contributed by atoms with Gasteiger partial charge in [-0.2, -0.15) is 5.10 Å². The molecule has 2 saturated carbocycles. The molecule has 0 aromatic carbocycles. The van der Waals surface area contributed by atoms with Crippen LogP contribution in [0.4, 0.5) is 0 Å². The van der Waals surface area contributed by atoms with Crippen LogP contribution in [0.3, 0.4) is 0 Å². The second kappa shape index (κ2) is 4.45. The van der Waals surface area contributed by atoms with E-state index in [4.69, 9.17) is 5.73 Å². The Morgan fingerprint density at radius 2 is 2.35 bits per heavy atom. The first-order chi connectivity index (χ1) is 8.20. The molecule has 4 unspecified atom stereocenters. The molecule has 1 aromatic rings. The zero-order valence-electron chi connectivity index (χ0n) is 10.7. The van der Waals surface area contributed by atoms with Gasteiger partial charge in [-0.3, -0.25) is 4.68 Å². The molecule has 1 aromatic heterocycles. The van der Waals surface area contributed by atoms with Crippen molar-refractivity contribution in [3.05, 3.63) is 18.0 Å². The molecule has 2 aliphatic rings. The van der Waals surface area contributed by atoms with Crippen LogP contribution in [0.5, 0.6) is 0 Å². The molecule has 1 heterocycles. The summed E-state index contributed by atoms with van der Waals surface area (Å²) in [6.45, 7) is 3.17. The van der Waals surface area contributed by atoms with Crippen molar-refractivity contribution in [2.75, 3.05) is 0 Å². The first-order valence-electron chi connectivity index (χ1n) is 6.97. The van der Waals surface area contributed by atoms with Gasteiger partial charge in [0.1, 0.15) is 0 Å². The van der Waals surface area contributed by atoms with Crippen LogP contribution < -0.4 is 5.73 Å². The van der Waals surface area contributed by atoms with Gasteiger partial charge in [-0.25, -0.2) is 0 Å². The first kappa shape index (κ1) is 11.3. The molecule has 3 rings (SSSR count). The quantitative estimate of drug-likeness (QED) is 0.866. The summed E-state index contributed by atoms with van der Waals surface area (Å²) >= 11 is 0. The summed E-state index contributed by atoms with van der Waals surface area (Å²) in [6.07, 6.45) is 11.0. The maximum Gasteiger partial charge on any atom is 0.0522 e. The summed E-state index contributed by atoms with van der Waals surface area (Å²) < 4.78 is 2.14.